The van der Waals surface area contributed by atoms with Crippen molar-refractivity contribution in [1.29, 1.82) is 0 Å². The third-order valence-electron chi connectivity index (χ3n) is 3.56. The maximum absolute atomic E-state index is 11.9. The first kappa shape index (κ1) is 13.4. The number of carbonyl (C=O) groups excluding carboxylic acids is 1. The van der Waals surface area contributed by atoms with Gasteiger partial charge in [0.1, 0.15) is 0 Å². The lowest BCUT2D eigenvalue weighted by Gasteiger charge is -2.04. The topological polar surface area (TPSA) is 42.1 Å². The molecule has 1 heterocycles. The van der Waals surface area contributed by atoms with E-state index in [1.165, 1.54) is 0 Å². The number of aromatic nitrogens is 1. The summed E-state index contributed by atoms with van der Waals surface area (Å²) in [6, 6.07) is 15.8. The van der Waals surface area contributed by atoms with E-state index in [0.29, 0.717) is 12.2 Å². The fourth-order valence-electron chi connectivity index (χ4n) is 2.64. The number of aryl methyl sites for hydroxylation is 1. The predicted octanol–water partition coefficient (Wildman–Crippen LogP) is 4.32. The first-order chi connectivity index (χ1) is 10.2. The van der Waals surface area contributed by atoms with Gasteiger partial charge in [-0.3, -0.25) is 0 Å². The minimum atomic E-state index is -0.280. The molecule has 0 saturated heterocycles. The van der Waals surface area contributed by atoms with Crippen LogP contribution in [0.25, 0.3) is 22.0 Å². The molecule has 0 spiro atoms. The third kappa shape index (κ3) is 2.42. The predicted molar refractivity (Wildman–Crippen MR) is 84.4 cm³/mol. The molecular weight excluding hydrogens is 262 g/mol. The van der Waals surface area contributed by atoms with Gasteiger partial charge in [-0.2, -0.15) is 0 Å². The molecule has 2 aromatic carbocycles. The highest BCUT2D eigenvalue weighted by atomic mass is 16.5. The number of aromatic amines is 1. The second-order valence-corrected chi connectivity index (χ2v) is 4.97. The SMILES string of the molecule is CCOC(=O)c1ccc2[nH]c(C)c(-c3ccccc3)c2c1. The van der Waals surface area contributed by atoms with Gasteiger partial charge in [0.05, 0.1) is 12.2 Å². The van der Waals surface area contributed by atoms with E-state index in [4.69, 9.17) is 4.74 Å². The number of H-pyrrole nitrogens is 1. The quantitative estimate of drug-likeness (QED) is 0.725. The summed E-state index contributed by atoms with van der Waals surface area (Å²) in [5, 5.41) is 1.05. The summed E-state index contributed by atoms with van der Waals surface area (Å²) in [4.78, 5) is 15.3. The molecule has 0 bridgehead atoms. The zero-order valence-corrected chi connectivity index (χ0v) is 12.1. The van der Waals surface area contributed by atoms with E-state index in [1.54, 1.807) is 6.07 Å². The van der Waals surface area contributed by atoms with Crippen LogP contribution in [0.1, 0.15) is 23.0 Å². The molecule has 106 valence electrons. The van der Waals surface area contributed by atoms with Crippen molar-refractivity contribution >= 4 is 16.9 Å². The van der Waals surface area contributed by atoms with Crippen LogP contribution in [0.3, 0.4) is 0 Å². The van der Waals surface area contributed by atoms with Gasteiger partial charge in [-0.05, 0) is 37.6 Å². The Kier molecular flexibility index (Phi) is 3.48. The van der Waals surface area contributed by atoms with Crippen LogP contribution in [0.5, 0.6) is 0 Å². The van der Waals surface area contributed by atoms with Crippen LogP contribution in [0, 0.1) is 6.92 Å². The second kappa shape index (κ2) is 5.44. The lowest BCUT2D eigenvalue weighted by Crippen LogP contribution is -2.04. The first-order valence-electron chi connectivity index (χ1n) is 7.05. The Morgan fingerprint density at radius 2 is 1.90 bits per heavy atom. The number of hydrogen-bond donors (Lipinski definition) is 1. The monoisotopic (exact) mass is 279 g/mol. The highest BCUT2D eigenvalue weighted by Crippen LogP contribution is 2.32. The van der Waals surface area contributed by atoms with Gasteiger partial charge in [0.15, 0.2) is 0 Å². The molecule has 0 atom stereocenters. The average Bonchev–Trinajstić information content (AvgIpc) is 2.83. The van der Waals surface area contributed by atoms with Gasteiger partial charge in [0, 0.05) is 22.2 Å². The summed E-state index contributed by atoms with van der Waals surface area (Å²) in [5.74, 6) is -0.280. The van der Waals surface area contributed by atoms with Crippen molar-refractivity contribution < 1.29 is 9.53 Å². The molecule has 3 nitrogen and oxygen atoms in total. The van der Waals surface area contributed by atoms with Crippen LogP contribution in [-0.4, -0.2) is 17.6 Å². The fraction of sp³-hybridized carbons (Fsp3) is 0.167. The molecule has 0 fully saturated rings. The van der Waals surface area contributed by atoms with Gasteiger partial charge in [0.25, 0.3) is 0 Å². The van der Waals surface area contributed by atoms with Crippen LogP contribution >= 0.6 is 0 Å². The average molecular weight is 279 g/mol. The van der Waals surface area contributed by atoms with Crippen molar-refractivity contribution in [2.45, 2.75) is 13.8 Å². The van der Waals surface area contributed by atoms with Crippen LogP contribution in [0.15, 0.2) is 48.5 Å². The fourth-order valence-corrected chi connectivity index (χ4v) is 2.64. The first-order valence-corrected chi connectivity index (χ1v) is 7.05. The van der Waals surface area contributed by atoms with Gasteiger partial charge < -0.3 is 9.72 Å². The molecule has 0 amide bonds. The molecular formula is C18H17NO2. The Morgan fingerprint density at radius 3 is 2.62 bits per heavy atom. The van der Waals surface area contributed by atoms with E-state index in [-0.39, 0.29) is 5.97 Å². The van der Waals surface area contributed by atoms with Crippen molar-refractivity contribution in [2.24, 2.45) is 0 Å². The molecule has 1 aromatic heterocycles. The summed E-state index contributed by atoms with van der Waals surface area (Å²) in [7, 11) is 0. The van der Waals surface area contributed by atoms with E-state index in [0.717, 1.165) is 27.7 Å². The molecule has 0 aliphatic carbocycles. The maximum atomic E-state index is 11.9. The molecule has 0 unspecified atom stereocenters. The van der Waals surface area contributed by atoms with Gasteiger partial charge in [-0.15, -0.1) is 0 Å². The number of ether oxygens (including phenoxy) is 1. The number of nitrogens with one attached hydrogen (secondary N) is 1. The Morgan fingerprint density at radius 1 is 1.14 bits per heavy atom. The summed E-state index contributed by atoms with van der Waals surface area (Å²) in [5.41, 5.74) is 4.98. The van der Waals surface area contributed by atoms with E-state index in [2.05, 4.69) is 17.1 Å². The summed E-state index contributed by atoms with van der Waals surface area (Å²) in [6.07, 6.45) is 0. The maximum Gasteiger partial charge on any atom is 0.338 e. The third-order valence-corrected chi connectivity index (χ3v) is 3.56. The van der Waals surface area contributed by atoms with E-state index in [1.807, 2.05) is 44.2 Å². The van der Waals surface area contributed by atoms with Gasteiger partial charge >= 0.3 is 5.97 Å². The van der Waals surface area contributed by atoms with Crippen LogP contribution < -0.4 is 0 Å². The lowest BCUT2D eigenvalue weighted by atomic mass is 10.0. The number of benzene rings is 2. The molecule has 3 aromatic rings. The van der Waals surface area contributed by atoms with Crippen molar-refractivity contribution in [2.75, 3.05) is 6.61 Å². The second-order valence-electron chi connectivity index (χ2n) is 4.97. The van der Waals surface area contributed by atoms with Crippen LogP contribution in [0.2, 0.25) is 0 Å². The van der Waals surface area contributed by atoms with Crippen molar-refractivity contribution in [3.8, 4) is 11.1 Å². The molecule has 3 heteroatoms. The van der Waals surface area contributed by atoms with E-state index >= 15 is 0 Å². The Labute approximate surface area is 123 Å². The van der Waals surface area contributed by atoms with Gasteiger partial charge in [0.2, 0.25) is 0 Å². The number of carbonyl (C=O) groups is 1. The van der Waals surface area contributed by atoms with Crippen LogP contribution in [0.4, 0.5) is 0 Å². The molecule has 0 saturated carbocycles. The number of fused-ring (bicyclic) bond motifs is 1. The van der Waals surface area contributed by atoms with Gasteiger partial charge in [-0.1, -0.05) is 30.3 Å². The molecule has 0 radical (unpaired) electrons. The minimum Gasteiger partial charge on any atom is -0.462 e. The summed E-state index contributed by atoms with van der Waals surface area (Å²) in [6.45, 7) is 4.24. The molecule has 0 aliphatic heterocycles. The normalized spacial score (nSPS) is 10.8. The van der Waals surface area contributed by atoms with Crippen molar-refractivity contribution in [3.05, 3.63) is 59.8 Å². The molecule has 1 N–H and O–H groups in total. The summed E-state index contributed by atoms with van der Waals surface area (Å²) >= 11 is 0. The lowest BCUT2D eigenvalue weighted by molar-refractivity contribution is 0.0526. The zero-order chi connectivity index (χ0) is 14.8. The van der Waals surface area contributed by atoms with Crippen molar-refractivity contribution in [1.82, 2.24) is 4.98 Å². The van der Waals surface area contributed by atoms with Gasteiger partial charge in [-0.25, -0.2) is 4.79 Å². The highest BCUT2D eigenvalue weighted by Gasteiger charge is 2.13. The minimum absolute atomic E-state index is 0.280. The van der Waals surface area contributed by atoms with E-state index < -0.39 is 0 Å². The number of esters is 1. The smallest absolute Gasteiger partial charge is 0.338 e. The molecule has 3 rings (SSSR count). The molecule has 21 heavy (non-hydrogen) atoms. The zero-order valence-electron chi connectivity index (χ0n) is 12.1. The Balaban J connectivity index is 2.18. The largest absolute Gasteiger partial charge is 0.462 e. The Hall–Kier alpha value is -2.55. The standard InChI is InChI=1S/C18H17NO2/c1-3-21-18(20)14-9-10-16-15(11-14)17(12(2)19-16)13-7-5-4-6-8-13/h4-11,19H,3H2,1-2H3. The highest BCUT2D eigenvalue weighted by molar-refractivity contribution is 6.02. The summed E-state index contributed by atoms with van der Waals surface area (Å²) < 4.78 is 5.08. The Bertz CT molecular complexity index is 788. The van der Waals surface area contributed by atoms with Crippen molar-refractivity contribution in [3.63, 3.8) is 0 Å². The number of hydrogen-bond acceptors (Lipinski definition) is 2. The molecule has 0 aliphatic rings. The number of rotatable bonds is 3. The van der Waals surface area contributed by atoms with Crippen LogP contribution in [-0.2, 0) is 4.74 Å². The van der Waals surface area contributed by atoms with E-state index in [9.17, 15) is 4.79 Å².